The Bertz CT molecular complexity index is 354. The Morgan fingerprint density at radius 3 is 2.71 bits per heavy atom. The molecular formula is C9H10INO3. The van der Waals surface area contributed by atoms with Crippen LogP contribution in [-0.2, 0) is 11.2 Å². The molecule has 0 aliphatic carbocycles. The number of carboxylic acid groups (broad SMARTS) is 1. The zero-order chi connectivity index (χ0) is 10.7. The molecule has 1 rings (SSSR count). The topological polar surface area (TPSA) is 83.5 Å². The van der Waals surface area contributed by atoms with Crippen LogP contribution in [0, 0.1) is 3.57 Å². The minimum Gasteiger partial charge on any atom is -0.507 e. The Balaban J connectivity index is 2.78. The van der Waals surface area contributed by atoms with Crippen molar-refractivity contribution in [3.8, 4) is 5.75 Å². The summed E-state index contributed by atoms with van der Waals surface area (Å²) in [4.78, 5) is 10.5. The molecule has 0 aliphatic heterocycles. The van der Waals surface area contributed by atoms with Crippen LogP contribution in [0.1, 0.15) is 5.56 Å². The Hall–Kier alpha value is -0.820. The zero-order valence-electron chi connectivity index (χ0n) is 7.27. The summed E-state index contributed by atoms with van der Waals surface area (Å²) in [6.07, 6.45) is 0.222. The van der Waals surface area contributed by atoms with Crippen LogP contribution in [0.2, 0.25) is 0 Å². The standard InChI is InChI=1S/C9H10INO3/c10-6-2-1-5(4-8(6)12)3-7(11)9(13)14/h1-2,4,7,12H,3,11H2,(H,13,14)/t7-/m0/s1. The van der Waals surface area contributed by atoms with Gasteiger partial charge >= 0.3 is 5.97 Å². The molecule has 0 aromatic heterocycles. The fourth-order valence-electron chi connectivity index (χ4n) is 1.03. The maximum atomic E-state index is 10.5. The first-order valence-electron chi connectivity index (χ1n) is 3.96. The molecule has 5 heteroatoms. The highest BCUT2D eigenvalue weighted by atomic mass is 127. The first-order chi connectivity index (χ1) is 6.50. The van der Waals surface area contributed by atoms with E-state index < -0.39 is 12.0 Å². The monoisotopic (exact) mass is 307 g/mol. The molecule has 0 saturated carbocycles. The van der Waals surface area contributed by atoms with Crippen LogP contribution < -0.4 is 5.73 Å². The minimum absolute atomic E-state index is 0.153. The molecule has 4 nitrogen and oxygen atoms in total. The number of halogens is 1. The second kappa shape index (κ2) is 4.61. The van der Waals surface area contributed by atoms with Gasteiger partial charge in [-0.3, -0.25) is 4.79 Å². The predicted octanol–water partition coefficient (Wildman–Crippen LogP) is 0.951. The first-order valence-corrected chi connectivity index (χ1v) is 5.04. The van der Waals surface area contributed by atoms with Crippen molar-refractivity contribution in [2.45, 2.75) is 12.5 Å². The van der Waals surface area contributed by atoms with Gasteiger partial charge in [0, 0.05) is 0 Å². The van der Waals surface area contributed by atoms with Gasteiger partial charge in [0.2, 0.25) is 0 Å². The van der Waals surface area contributed by atoms with Crippen LogP contribution in [0.15, 0.2) is 18.2 Å². The molecule has 0 saturated heterocycles. The maximum absolute atomic E-state index is 10.5. The number of phenolic OH excluding ortho intramolecular Hbond substituents is 1. The highest BCUT2D eigenvalue weighted by Crippen LogP contribution is 2.20. The molecule has 0 aliphatic rings. The summed E-state index contributed by atoms with van der Waals surface area (Å²) in [5.74, 6) is -0.885. The van der Waals surface area contributed by atoms with Gasteiger partial charge in [0.1, 0.15) is 11.8 Å². The van der Waals surface area contributed by atoms with E-state index in [1.807, 2.05) is 22.6 Å². The van der Waals surface area contributed by atoms with Crippen molar-refractivity contribution in [3.05, 3.63) is 27.3 Å². The summed E-state index contributed by atoms with van der Waals surface area (Å²) in [7, 11) is 0. The molecule has 14 heavy (non-hydrogen) atoms. The van der Waals surface area contributed by atoms with Crippen LogP contribution in [0.5, 0.6) is 5.75 Å². The number of rotatable bonds is 3. The fraction of sp³-hybridized carbons (Fsp3) is 0.222. The fourth-order valence-corrected chi connectivity index (χ4v) is 1.36. The summed E-state index contributed by atoms with van der Waals surface area (Å²) >= 11 is 1.99. The quantitative estimate of drug-likeness (QED) is 0.726. The average molecular weight is 307 g/mol. The lowest BCUT2D eigenvalue weighted by molar-refractivity contribution is -0.138. The smallest absolute Gasteiger partial charge is 0.320 e. The Kier molecular flexibility index (Phi) is 3.70. The number of benzene rings is 1. The lowest BCUT2D eigenvalue weighted by atomic mass is 10.1. The van der Waals surface area contributed by atoms with Gasteiger partial charge in [0.05, 0.1) is 3.57 Å². The molecule has 76 valence electrons. The summed E-state index contributed by atoms with van der Waals surface area (Å²) in [6.45, 7) is 0. The van der Waals surface area contributed by atoms with Crippen molar-refractivity contribution in [1.29, 1.82) is 0 Å². The Morgan fingerprint density at radius 2 is 2.21 bits per heavy atom. The Morgan fingerprint density at radius 1 is 1.57 bits per heavy atom. The van der Waals surface area contributed by atoms with E-state index in [2.05, 4.69) is 0 Å². The second-order valence-corrected chi connectivity index (χ2v) is 4.10. The number of nitrogens with two attached hydrogens (primary N) is 1. The van der Waals surface area contributed by atoms with Gasteiger partial charge in [-0.25, -0.2) is 0 Å². The van der Waals surface area contributed by atoms with E-state index in [9.17, 15) is 9.90 Å². The predicted molar refractivity (Wildman–Crippen MR) is 60.1 cm³/mol. The van der Waals surface area contributed by atoms with E-state index in [-0.39, 0.29) is 12.2 Å². The van der Waals surface area contributed by atoms with Crippen molar-refractivity contribution in [2.24, 2.45) is 5.73 Å². The number of aliphatic carboxylic acids is 1. The van der Waals surface area contributed by atoms with Gasteiger partial charge in [0.25, 0.3) is 0 Å². The van der Waals surface area contributed by atoms with Crippen molar-refractivity contribution in [3.63, 3.8) is 0 Å². The molecule has 0 spiro atoms. The average Bonchev–Trinajstić information content (AvgIpc) is 2.11. The van der Waals surface area contributed by atoms with Gasteiger partial charge < -0.3 is 15.9 Å². The van der Waals surface area contributed by atoms with Crippen molar-refractivity contribution in [1.82, 2.24) is 0 Å². The highest BCUT2D eigenvalue weighted by Gasteiger charge is 2.12. The first kappa shape index (κ1) is 11.3. The number of hydrogen-bond acceptors (Lipinski definition) is 3. The van der Waals surface area contributed by atoms with E-state index in [0.717, 1.165) is 9.13 Å². The van der Waals surface area contributed by atoms with Gasteiger partial charge in [-0.15, -0.1) is 0 Å². The molecule has 0 bridgehead atoms. The number of hydrogen-bond donors (Lipinski definition) is 3. The molecule has 0 fully saturated rings. The molecule has 1 aromatic carbocycles. The SMILES string of the molecule is N[C@@H](Cc1ccc(I)c(O)c1)C(=O)O. The van der Waals surface area contributed by atoms with Gasteiger partial charge in [-0.05, 0) is 46.7 Å². The van der Waals surface area contributed by atoms with Gasteiger partial charge in [0.15, 0.2) is 0 Å². The summed E-state index contributed by atoms with van der Waals surface area (Å²) in [5, 5.41) is 17.9. The number of carbonyl (C=O) groups is 1. The molecule has 0 unspecified atom stereocenters. The molecule has 1 atom stereocenters. The van der Waals surface area contributed by atoms with Crippen molar-refractivity contribution < 1.29 is 15.0 Å². The van der Waals surface area contributed by atoms with E-state index in [1.165, 1.54) is 6.07 Å². The summed E-state index contributed by atoms with van der Waals surface area (Å²) in [5.41, 5.74) is 6.07. The van der Waals surface area contributed by atoms with Gasteiger partial charge in [-0.1, -0.05) is 6.07 Å². The molecule has 0 amide bonds. The molecule has 0 radical (unpaired) electrons. The van der Waals surface area contributed by atoms with Crippen LogP contribution in [0.3, 0.4) is 0 Å². The lowest BCUT2D eigenvalue weighted by Gasteiger charge is -2.07. The van der Waals surface area contributed by atoms with Crippen LogP contribution in [0.4, 0.5) is 0 Å². The number of phenols is 1. The third-order valence-corrected chi connectivity index (χ3v) is 2.70. The summed E-state index contributed by atoms with van der Waals surface area (Å²) in [6, 6.07) is 4.09. The normalized spacial score (nSPS) is 12.4. The summed E-state index contributed by atoms with van der Waals surface area (Å²) < 4.78 is 0.732. The van der Waals surface area contributed by atoms with E-state index in [1.54, 1.807) is 12.1 Å². The third kappa shape index (κ3) is 2.85. The Labute approximate surface area is 94.9 Å². The maximum Gasteiger partial charge on any atom is 0.320 e. The van der Waals surface area contributed by atoms with Crippen molar-refractivity contribution >= 4 is 28.6 Å². The number of aromatic hydroxyl groups is 1. The second-order valence-electron chi connectivity index (χ2n) is 2.93. The van der Waals surface area contributed by atoms with Crippen molar-refractivity contribution in [2.75, 3.05) is 0 Å². The highest BCUT2D eigenvalue weighted by molar-refractivity contribution is 14.1. The minimum atomic E-state index is -1.04. The van der Waals surface area contributed by atoms with E-state index >= 15 is 0 Å². The van der Waals surface area contributed by atoms with Crippen LogP contribution in [0.25, 0.3) is 0 Å². The lowest BCUT2D eigenvalue weighted by Crippen LogP contribution is -2.32. The molecule has 4 N–H and O–H groups in total. The van der Waals surface area contributed by atoms with E-state index in [4.69, 9.17) is 10.8 Å². The molecule has 0 heterocycles. The van der Waals surface area contributed by atoms with E-state index in [0.29, 0.717) is 0 Å². The van der Waals surface area contributed by atoms with Crippen LogP contribution in [-0.4, -0.2) is 22.2 Å². The number of carboxylic acids is 1. The zero-order valence-corrected chi connectivity index (χ0v) is 9.43. The molecule has 1 aromatic rings. The van der Waals surface area contributed by atoms with Gasteiger partial charge in [-0.2, -0.15) is 0 Å². The van der Waals surface area contributed by atoms with Crippen LogP contribution >= 0.6 is 22.6 Å². The third-order valence-electron chi connectivity index (χ3n) is 1.78. The molecular weight excluding hydrogens is 297 g/mol. The largest absolute Gasteiger partial charge is 0.507 e.